The van der Waals surface area contributed by atoms with Crippen LogP contribution >= 0.6 is 0 Å². The van der Waals surface area contributed by atoms with Crippen LogP contribution in [0.3, 0.4) is 0 Å². The lowest BCUT2D eigenvalue weighted by Crippen LogP contribution is -2.40. The zero-order valence-corrected chi connectivity index (χ0v) is 15.3. The second kappa shape index (κ2) is 7.35. The average molecular weight is 376 g/mol. The first-order valence-electron chi connectivity index (χ1n) is 8.07. The molecule has 1 N–H and O–H groups in total. The van der Waals surface area contributed by atoms with Crippen molar-refractivity contribution in [3.8, 4) is 11.5 Å². The van der Waals surface area contributed by atoms with E-state index in [0.29, 0.717) is 23.7 Å². The summed E-state index contributed by atoms with van der Waals surface area (Å²) in [5.41, 5.74) is 0.375. The number of nitrogens with one attached hydrogen (secondary N) is 1. The Balaban J connectivity index is 1.59. The van der Waals surface area contributed by atoms with E-state index in [1.807, 2.05) is 24.3 Å². The number of benzene rings is 2. The fourth-order valence-electron chi connectivity index (χ4n) is 2.46. The second-order valence-electron chi connectivity index (χ2n) is 6.02. The van der Waals surface area contributed by atoms with E-state index in [1.54, 1.807) is 0 Å². The molecule has 0 spiro atoms. The zero-order chi connectivity index (χ0) is 18.7. The largest absolute Gasteiger partial charge is 0.486 e. The third kappa shape index (κ3) is 3.81. The highest BCUT2D eigenvalue weighted by atomic mass is 32.2. The molecule has 26 heavy (non-hydrogen) atoms. The third-order valence-electron chi connectivity index (χ3n) is 3.95. The van der Waals surface area contributed by atoms with Gasteiger partial charge < -0.3 is 14.8 Å². The van der Waals surface area contributed by atoms with Gasteiger partial charge in [0.25, 0.3) is 5.91 Å². The number of hydrogen-bond acceptors (Lipinski definition) is 5. The number of carbonyl (C=O) groups is 1. The van der Waals surface area contributed by atoms with Gasteiger partial charge in [0, 0.05) is 19.7 Å². The van der Waals surface area contributed by atoms with E-state index in [-0.39, 0.29) is 23.5 Å². The van der Waals surface area contributed by atoms with Crippen LogP contribution < -0.4 is 14.8 Å². The van der Waals surface area contributed by atoms with Crippen LogP contribution in [-0.4, -0.2) is 52.0 Å². The number of para-hydroxylation sites is 2. The Hall–Kier alpha value is -2.58. The fourth-order valence-corrected chi connectivity index (χ4v) is 3.36. The Morgan fingerprint density at radius 2 is 1.77 bits per heavy atom. The van der Waals surface area contributed by atoms with Crippen LogP contribution in [-0.2, 0) is 10.0 Å². The molecule has 138 valence electrons. The molecule has 8 heteroatoms. The molecule has 1 unspecified atom stereocenters. The number of sulfonamides is 1. The maximum Gasteiger partial charge on any atom is 0.251 e. The lowest BCUT2D eigenvalue weighted by molar-refractivity contribution is 0.0789. The van der Waals surface area contributed by atoms with E-state index in [4.69, 9.17) is 9.47 Å². The second-order valence-corrected chi connectivity index (χ2v) is 8.17. The number of fused-ring (bicyclic) bond motifs is 1. The molecule has 1 heterocycles. The van der Waals surface area contributed by atoms with Crippen LogP contribution in [0.1, 0.15) is 10.4 Å². The first-order chi connectivity index (χ1) is 12.4. The number of nitrogens with zero attached hydrogens (tertiary/aromatic N) is 1. The van der Waals surface area contributed by atoms with Gasteiger partial charge in [-0.05, 0) is 36.4 Å². The predicted molar refractivity (Wildman–Crippen MR) is 96.0 cm³/mol. The molecule has 0 aromatic heterocycles. The first-order valence-corrected chi connectivity index (χ1v) is 9.51. The Morgan fingerprint density at radius 3 is 2.42 bits per heavy atom. The van der Waals surface area contributed by atoms with Gasteiger partial charge in [-0.15, -0.1) is 0 Å². The number of rotatable bonds is 5. The molecule has 2 aromatic rings. The van der Waals surface area contributed by atoms with E-state index in [2.05, 4.69) is 5.32 Å². The minimum absolute atomic E-state index is 0.139. The van der Waals surface area contributed by atoms with Gasteiger partial charge in [-0.3, -0.25) is 4.79 Å². The topological polar surface area (TPSA) is 84.9 Å². The van der Waals surface area contributed by atoms with Crippen molar-refractivity contribution in [3.63, 3.8) is 0 Å². The van der Waals surface area contributed by atoms with Gasteiger partial charge >= 0.3 is 0 Å². The minimum Gasteiger partial charge on any atom is -0.486 e. The lowest BCUT2D eigenvalue weighted by Gasteiger charge is -2.26. The maximum atomic E-state index is 12.3. The molecule has 0 aliphatic carbocycles. The summed E-state index contributed by atoms with van der Waals surface area (Å²) in [5.74, 6) is 1.03. The molecule has 0 radical (unpaired) electrons. The van der Waals surface area contributed by atoms with Crippen molar-refractivity contribution in [2.45, 2.75) is 11.0 Å². The smallest absolute Gasteiger partial charge is 0.251 e. The van der Waals surface area contributed by atoms with Crippen molar-refractivity contribution in [2.24, 2.45) is 0 Å². The van der Waals surface area contributed by atoms with Crippen LogP contribution in [0.15, 0.2) is 53.4 Å². The van der Waals surface area contributed by atoms with Crippen molar-refractivity contribution in [1.82, 2.24) is 9.62 Å². The van der Waals surface area contributed by atoms with E-state index < -0.39 is 10.0 Å². The van der Waals surface area contributed by atoms with Gasteiger partial charge in [0.2, 0.25) is 10.0 Å². The fraction of sp³-hybridized carbons (Fsp3) is 0.278. The Labute approximate surface area is 152 Å². The molecule has 7 nitrogen and oxygen atoms in total. The third-order valence-corrected chi connectivity index (χ3v) is 5.78. The standard InChI is InChI=1S/C18H20N2O5S/c1-20(2)26(22,23)15-9-7-13(8-10-15)18(21)19-11-14-12-24-16-5-3-4-6-17(16)25-14/h3-10,14H,11-12H2,1-2H3,(H,19,21). The molecule has 2 aromatic carbocycles. The molecule has 0 saturated carbocycles. The summed E-state index contributed by atoms with van der Waals surface area (Å²) in [6.07, 6.45) is -0.290. The van der Waals surface area contributed by atoms with Gasteiger partial charge in [-0.2, -0.15) is 0 Å². The summed E-state index contributed by atoms with van der Waals surface area (Å²) in [7, 11) is -0.595. The van der Waals surface area contributed by atoms with E-state index in [9.17, 15) is 13.2 Å². The molecule has 3 rings (SSSR count). The quantitative estimate of drug-likeness (QED) is 0.855. The van der Waals surface area contributed by atoms with Gasteiger partial charge in [-0.25, -0.2) is 12.7 Å². The van der Waals surface area contributed by atoms with Crippen LogP contribution in [0.4, 0.5) is 0 Å². The summed E-state index contributed by atoms with van der Waals surface area (Å²) in [5, 5.41) is 2.78. The molecule has 0 bridgehead atoms. The summed E-state index contributed by atoms with van der Waals surface area (Å²) < 4.78 is 36.6. The minimum atomic E-state index is -3.51. The maximum absolute atomic E-state index is 12.3. The number of hydrogen-bond donors (Lipinski definition) is 1. The Morgan fingerprint density at radius 1 is 1.12 bits per heavy atom. The van der Waals surface area contributed by atoms with Gasteiger partial charge in [0.05, 0.1) is 11.4 Å². The normalized spacial score (nSPS) is 16.3. The predicted octanol–water partition coefficient (Wildman–Crippen LogP) is 1.51. The Kier molecular flexibility index (Phi) is 5.15. The molecular weight excluding hydrogens is 356 g/mol. The SMILES string of the molecule is CN(C)S(=O)(=O)c1ccc(C(=O)NCC2COc3ccccc3O2)cc1. The van der Waals surface area contributed by atoms with Crippen molar-refractivity contribution in [3.05, 3.63) is 54.1 Å². The highest BCUT2D eigenvalue weighted by Crippen LogP contribution is 2.30. The average Bonchev–Trinajstić information content (AvgIpc) is 2.66. The van der Waals surface area contributed by atoms with Crippen molar-refractivity contribution < 1.29 is 22.7 Å². The van der Waals surface area contributed by atoms with E-state index in [1.165, 1.54) is 38.4 Å². The molecule has 0 saturated heterocycles. The van der Waals surface area contributed by atoms with E-state index in [0.717, 1.165) is 4.31 Å². The molecule has 1 aliphatic heterocycles. The summed E-state index contributed by atoms with van der Waals surface area (Å²) >= 11 is 0. The molecule has 1 aliphatic rings. The number of carbonyl (C=O) groups excluding carboxylic acids is 1. The highest BCUT2D eigenvalue weighted by Gasteiger charge is 2.22. The van der Waals surface area contributed by atoms with Crippen molar-refractivity contribution >= 4 is 15.9 Å². The number of ether oxygens (including phenoxy) is 2. The number of amides is 1. The van der Waals surface area contributed by atoms with Crippen LogP contribution in [0.25, 0.3) is 0 Å². The van der Waals surface area contributed by atoms with Crippen molar-refractivity contribution in [1.29, 1.82) is 0 Å². The molecule has 0 fully saturated rings. The van der Waals surface area contributed by atoms with Crippen LogP contribution in [0, 0.1) is 0 Å². The Bertz CT molecular complexity index is 894. The lowest BCUT2D eigenvalue weighted by atomic mass is 10.2. The molecular formula is C18H20N2O5S. The summed E-state index contributed by atoms with van der Waals surface area (Å²) in [6, 6.07) is 13.2. The molecule has 1 amide bonds. The van der Waals surface area contributed by atoms with Crippen molar-refractivity contribution in [2.75, 3.05) is 27.2 Å². The van der Waals surface area contributed by atoms with Gasteiger partial charge in [0.1, 0.15) is 12.7 Å². The van der Waals surface area contributed by atoms with Crippen LogP contribution in [0.5, 0.6) is 11.5 Å². The first kappa shape index (κ1) is 18.2. The zero-order valence-electron chi connectivity index (χ0n) is 14.5. The van der Waals surface area contributed by atoms with Gasteiger partial charge in [-0.1, -0.05) is 12.1 Å². The summed E-state index contributed by atoms with van der Waals surface area (Å²) in [4.78, 5) is 12.4. The van der Waals surface area contributed by atoms with Gasteiger partial charge in [0.15, 0.2) is 11.5 Å². The summed E-state index contributed by atoms with van der Waals surface area (Å²) in [6.45, 7) is 0.627. The van der Waals surface area contributed by atoms with E-state index >= 15 is 0 Å². The van der Waals surface area contributed by atoms with Crippen LogP contribution in [0.2, 0.25) is 0 Å². The monoisotopic (exact) mass is 376 g/mol. The highest BCUT2D eigenvalue weighted by molar-refractivity contribution is 7.89. The molecule has 1 atom stereocenters.